The minimum atomic E-state index is 0.760. The topological polar surface area (TPSA) is 9.23 Å². The summed E-state index contributed by atoms with van der Waals surface area (Å²) in [7, 11) is 0. The zero-order valence-electron chi connectivity index (χ0n) is 10.9. The molecule has 0 aromatic heterocycles. The second-order valence-corrected chi connectivity index (χ2v) is 7.03. The highest BCUT2D eigenvalue weighted by atomic mass is 79.9. The highest BCUT2D eigenvalue weighted by Crippen LogP contribution is 2.32. The van der Waals surface area contributed by atoms with E-state index >= 15 is 0 Å². The van der Waals surface area contributed by atoms with Gasteiger partial charge in [0.1, 0.15) is 11.5 Å². The Morgan fingerprint density at radius 3 is 2.24 bits per heavy atom. The van der Waals surface area contributed by atoms with Gasteiger partial charge in [0.2, 0.25) is 0 Å². The van der Waals surface area contributed by atoms with Crippen LogP contribution in [-0.2, 0) is 5.33 Å². The predicted molar refractivity (Wildman–Crippen MR) is 98.5 cm³/mol. The van der Waals surface area contributed by atoms with Gasteiger partial charge in [0.05, 0.1) is 0 Å². The Morgan fingerprint density at radius 1 is 0.762 bits per heavy atom. The standard InChI is InChI=1S/C17H11Br3O/c18-10-13-2-5-15(20)9-17(13)21-16-6-3-11-7-14(19)4-1-12(11)8-16/h1-9H,10H2. The summed E-state index contributed by atoms with van der Waals surface area (Å²) in [6, 6.07) is 18.4. The van der Waals surface area contributed by atoms with Crippen LogP contribution in [0.15, 0.2) is 63.5 Å². The molecule has 0 atom stereocenters. The molecule has 0 aliphatic carbocycles. The third-order valence-electron chi connectivity index (χ3n) is 3.17. The molecule has 0 aliphatic rings. The fourth-order valence-corrected chi connectivity index (χ4v) is 3.30. The van der Waals surface area contributed by atoms with Crippen LogP contribution in [0.2, 0.25) is 0 Å². The molecule has 0 bridgehead atoms. The first-order chi connectivity index (χ1) is 10.2. The monoisotopic (exact) mass is 468 g/mol. The minimum absolute atomic E-state index is 0.760. The first kappa shape index (κ1) is 15.1. The Morgan fingerprint density at radius 2 is 1.43 bits per heavy atom. The minimum Gasteiger partial charge on any atom is -0.457 e. The molecule has 0 radical (unpaired) electrons. The predicted octanol–water partition coefficient (Wildman–Crippen LogP) is 7.05. The van der Waals surface area contributed by atoms with Gasteiger partial charge in [-0.15, -0.1) is 0 Å². The lowest BCUT2D eigenvalue weighted by Gasteiger charge is -2.11. The van der Waals surface area contributed by atoms with E-state index in [1.54, 1.807) is 0 Å². The molecule has 4 heteroatoms. The van der Waals surface area contributed by atoms with Crippen LogP contribution in [0.5, 0.6) is 11.5 Å². The van der Waals surface area contributed by atoms with Gasteiger partial charge in [0.15, 0.2) is 0 Å². The molecule has 106 valence electrons. The van der Waals surface area contributed by atoms with Crippen LogP contribution in [0.25, 0.3) is 10.8 Å². The molecule has 0 aliphatic heterocycles. The summed E-state index contributed by atoms with van der Waals surface area (Å²) in [6.07, 6.45) is 0. The van der Waals surface area contributed by atoms with Crippen molar-refractivity contribution in [3.63, 3.8) is 0 Å². The number of hydrogen-bond donors (Lipinski definition) is 0. The number of alkyl halides is 1. The molecule has 3 aromatic carbocycles. The third kappa shape index (κ3) is 3.50. The molecule has 0 fully saturated rings. The van der Waals surface area contributed by atoms with Gasteiger partial charge < -0.3 is 4.74 Å². The Hall–Kier alpha value is -0.840. The number of ether oxygens (including phenoxy) is 1. The highest BCUT2D eigenvalue weighted by Gasteiger charge is 2.06. The molecule has 0 amide bonds. The molecule has 0 heterocycles. The molecule has 0 unspecified atom stereocenters. The second-order valence-electron chi connectivity index (χ2n) is 4.64. The summed E-state index contributed by atoms with van der Waals surface area (Å²) in [6.45, 7) is 0. The SMILES string of the molecule is BrCc1ccc(Br)cc1Oc1ccc2cc(Br)ccc2c1. The maximum atomic E-state index is 6.05. The molecule has 21 heavy (non-hydrogen) atoms. The van der Waals surface area contributed by atoms with Crippen molar-refractivity contribution >= 4 is 58.6 Å². The van der Waals surface area contributed by atoms with Crippen molar-refractivity contribution in [1.82, 2.24) is 0 Å². The van der Waals surface area contributed by atoms with E-state index < -0.39 is 0 Å². The van der Waals surface area contributed by atoms with Crippen LogP contribution in [-0.4, -0.2) is 0 Å². The summed E-state index contributed by atoms with van der Waals surface area (Å²) in [5, 5.41) is 3.11. The molecule has 1 nitrogen and oxygen atoms in total. The molecular weight excluding hydrogens is 460 g/mol. The Bertz CT molecular complexity index is 799. The zero-order valence-corrected chi connectivity index (χ0v) is 15.7. The largest absolute Gasteiger partial charge is 0.457 e. The summed E-state index contributed by atoms with van der Waals surface area (Å²) in [5.41, 5.74) is 1.12. The molecule has 0 N–H and O–H groups in total. The molecule has 0 saturated carbocycles. The van der Waals surface area contributed by atoms with Crippen molar-refractivity contribution in [2.45, 2.75) is 5.33 Å². The zero-order chi connectivity index (χ0) is 14.8. The molecule has 3 rings (SSSR count). The van der Waals surface area contributed by atoms with E-state index in [-0.39, 0.29) is 0 Å². The van der Waals surface area contributed by atoms with E-state index in [0.717, 1.165) is 36.7 Å². The van der Waals surface area contributed by atoms with Gasteiger partial charge in [-0.2, -0.15) is 0 Å². The van der Waals surface area contributed by atoms with E-state index in [4.69, 9.17) is 4.74 Å². The summed E-state index contributed by atoms with van der Waals surface area (Å²) in [5.74, 6) is 1.70. The number of halogens is 3. The van der Waals surface area contributed by atoms with E-state index in [2.05, 4.69) is 72.1 Å². The first-order valence-electron chi connectivity index (χ1n) is 6.37. The molecular formula is C17H11Br3O. The lowest BCUT2D eigenvalue weighted by atomic mass is 10.1. The summed E-state index contributed by atoms with van der Waals surface area (Å²) in [4.78, 5) is 0. The van der Waals surface area contributed by atoms with Gasteiger partial charge in [0, 0.05) is 19.8 Å². The fraction of sp³-hybridized carbons (Fsp3) is 0.0588. The van der Waals surface area contributed by atoms with Gasteiger partial charge in [-0.3, -0.25) is 0 Å². The maximum absolute atomic E-state index is 6.05. The Balaban J connectivity index is 1.98. The highest BCUT2D eigenvalue weighted by molar-refractivity contribution is 9.10. The average Bonchev–Trinajstić information content (AvgIpc) is 2.48. The summed E-state index contributed by atoms with van der Waals surface area (Å²) < 4.78 is 8.14. The number of rotatable bonds is 3. The van der Waals surface area contributed by atoms with Crippen LogP contribution in [0.4, 0.5) is 0 Å². The number of benzene rings is 3. The van der Waals surface area contributed by atoms with E-state index in [9.17, 15) is 0 Å². The molecule has 3 aromatic rings. The molecule has 0 saturated heterocycles. The first-order valence-corrected chi connectivity index (χ1v) is 9.08. The van der Waals surface area contributed by atoms with Crippen molar-refractivity contribution in [1.29, 1.82) is 0 Å². The second kappa shape index (κ2) is 6.51. The van der Waals surface area contributed by atoms with Gasteiger partial charge in [0.25, 0.3) is 0 Å². The smallest absolute Gasteiger partial charge is 0.132 e. The van der Waals surface area contributed by atoms with Crippen molar-refractivity contribution < 1.29 is 4.74 Å². The average molecular weight is 471 g/mol. The Kier molecular flexibility index (Phi) is 4.67. The van der Waals surface area contributed by atoms with Crippen LogP contribution in [0.1, 0.15) is 5.56 Å². The molecule has 0 spiro atoms. The van der Waals surface area contributed by atoms with Crippen molar-refractivity contribution in [3.05, 3.63) is 69.1 Å². The number of fused-ring (bicyclic) bond motifs is 1. The van der Waals surface area contributed by atoms with Gasteiger partial charge in [-0.05, 0) is 47.2 Å². The van der Waals surface area contributed by atoms with Crippen LogP contribution >= 0.6 is 47.8 Å². The summed E-state index contributed by atoms with van der Waals surface area (Å²) >= 11 is 10.5. The van der Waals surface area contributed by atoms with Gasteiger partial charge >= 0.3 is 0 Å². The number of hydrogen-bond acceptors (Lipinski definition) is 1. The van der Waals surface area contributed by atoms with Crippen molar-refractivity contribution in [2.75, 3.05) is 0 Å². The Labute approximate surface area is 148 Å². The van der Waals surface area contributed by atoms with Crippen LogP contribution in [0, 0.1) is 0 Å². The maximum Gasteiger partial charge on any atom is 0.132 e. The van der Waals surface area contributed by atoms with Crippen molar-refractivity contribution in [2.24, 2.45) is 0 Å². The fourth-order valence-electron chi connectivity index (χ4n) is 2.12. The van der Waals surface area contributed by atoms with E-state index in [1.165, 1.54) is 5.39 Å². The van der Waals surface area contributed by atoms with Crippen molar-refractivity contribution in [3.8, 4) is 11.5 Å². The van der Waals surface area contributed by atoms with Crippen LogP contribution < -0.4 is 4.74 Å². The lowest BCUT2D eigenvalue weighted by molar-refractivity contribution is 0.479. The lowest BCUT2D eigenvalue weighted by Crippen LogP contribution is -1.89. The van der Waals surface area contributed by atoms with E-state index in [1.807, 2.05) is 30.3 Å². The normalized spacial score (nSPS) is 10.8. The van der Waals surface area contributed by atoms with E-state index in [0.29, 0.717) is 0 Å². The van der Waals surface area contributed by atoms with Crippen LogP contribution in [0.3, 0.4) is 0 Å². The third-order valence-corrected chi connectivity index (χ3v) is 4.77. The van der Waals surface area contributed by atoms with Gasteiger partial charge in [-0.1, -0.05) is 66.0 Å². The quantitative estimate of drug-likeness (QED) is 0.372. The van der Waals surface area contributed by atoms with Gasteiger partial charge in [-0.25, -0.2) is 0 Å².